The van der Waals surface area contributed by atoms with Crippen molar-refractivity contribution in [1.29, 1.82) is 0 Å². The maximum absolute atomic E-state index is 13.2. The summed E-state index contributed by atoms with van der Waals surface area (Å²) in [6, 6.07) is 18.2. The lowest BCUT2D eigenvalue weighted by Gasteiger charge is -2.12. The van der Waals surface area contributed by atoms with Crippen molar-refractivity contribution in [3.8, 4) is 0 Å². The van der Waals surface area contributed by atoms with Crippen LogP contribution < -0.4 is 10.9 Å². The van der Waals surface area contributed by atoms with Crippen LogP contribution in [0.5, 0.6) is 0 Å². The van der Waals surface area contributed by atoms with Crippen molar-refractivity contribution in [2.45, 2.75) is 36.7 Å². The molecule has 0 bridgehead atoms. The van der Waals surface area contributed by atoms with E-state index in [1.54, 1.807) is 16.7 Å². The van der Waals surface area contributed by atoms with E-state index >= 15 is 0 Å². The van der Waals surface area contributed by atoms with Crippen LogP contribution in [0.1, 0.15) is 24.0 Å². The molecule has 2 heterocycles. The number of aromatic nitrogens is 2. The Balaban J connectivity index is 1.36. The minimum Gasteiger partial charge on any atom is -0.356 e. The molecule has 0 unspecified atom stereocenters. The molecule has 8 heteroatoms. The maximum Gasteiger partial charge on any atom is 0.272 e. The zero-order valence-corrected chi connectivity index (χ0v) is 19.6. The zero-order valence-electron chi connectivity index (χ0n) is 18.0. The molecule has 5 nitrogen and oxygen atoms in total. The van der Waals surface area contributed by atoms with Gasteiger partial charge >= 0.3 is 0 Å². The molecule has 4 aromatic rings. The molecule has 0 radical (unpaired) electrons. The molecule has 0 spiro atoms. The van der Waals surface area contributed by atoms with E-state index in [-0.39, 0.29) is 17.3 Å². The van der Waals surface area contributed by atoms with Gasteiger partial charge in [0.15, 0.2) is 5.16 Å². The molecule has 0 aliphatic rings. The zero-order chi connectivity index (χ0) is 23.0. The summed E-state index contributed by atoms with van der Waals surface area (Å²) in [6.45, 7) is 1.00. The van der Waals surface area contributed by atoms with E-state index in [1.807, 2.05) is 41.8 Å². The molecule has 0 aliphatic heterocycles. The van der Waals surface area contributed by atoms with Gasteiger partial charge in [0.1, 0.15) is 10.5 Å². The van der Waals surface area contributed by atoms with Crippen molar-refractivity contribution < 1.29 is 9.18 Å². The second-order valence-corrected chi connectivity index (χ2v) is 9.45. The summed E-state index contributed by atoms with van der Waals surface area (Å²) in [5.41, 5.74) is 2.73. The van der Waals surface area contributed by atoms with Crippen LogP contribution in [0.25, 0.3) is 10.2 Å². The molecule has 0 aliphatic carbocycles. The SMILES string of the molecule is O=C(CCCn1c(SCc2ccc(F)cc2)nc2ccsc2c1=O)NCCc1ccccc1. The molecule has 170 valence electrons. The maximum atomic E-state index is 13.2. The van der Waals surface area contributed by atoms with Crippen LogP contribution in [-0.2, 0) is 23.5 Å². The Morgan fingerprint density at radius 2 is 1.85 bits per heavy atom. The quantitative estimate of drug-likeness (QED) is 0.255. The third-order valence-corrected chi connectivity index (χ3v) is 7.12. The van der Waals surface area contributed by atoms with Gasteiger partial charge in [0.25, 0.3) is 5.56 Å². The highest BCUT2D eigenvalue weighted by Gasteiger charge is 2.13. The molecule has 33 heavy (non-hydrogen) atoms. The van der Waals surface area contributed by atoms with Gasteiger partial charge in [-0.1, -0.05) is 54.2 Å². The molecule has 4 rings (SSSR count). The average Bonchev–Trinajstić information content (AvgIpc) is 3.30. The Kier molecular flexibility index (Phi) is 7.91. The van der Waals surface area contributed by atoms with Crippen molar-refractivity contribution in [2.75, 3.05) is 6.54 Å². The van der Waals surface area contributed by atoms with Gasteiger partial charge in [-0.2, -0.15) is 0 Å². The largest absolute Gasteiger partial charge is 0.356 e. The molecule has 0 saturated heterocycles. The van der Waals surface area contributed by atoms with Crippen LogP contribution in [-0.4, -0.2) is 22.0 Å². The first-order chi connectivity index (χ1) is 16.1. The van der Waals surface area contributed by atoms with Crippen LogP contribution in [0, 0.1) is 5.82 Å². The molecule has 1 amide bonds. The van der Waals surface area contributed by atoms with Crippen LogP contribution >= 0.6 is 23.1 Å². The lowest BCUT2D eigenvalue weighted by Crippen LogP contribution is -2.27. The number of thioether (sulfide) groups is 1. The highest BCUT2D eigenvalue weighted by Crippen LogP contribution is 2.24. The van der Waals surface area contributed by atoms with Gasteiger partial charge in [0, 0.05) is 25.3 Å². The minimum atomic E-state index is -0.277. The molecule has 1 N–H and O–H groups in total. The molecule has 0 fully saturated rings. The summed E-state index contributed by atoms with van der Waals surface area (Å²) in [7, 11) is 0. The van der Waals surface area contributed by atoms with Crippen molar-refractivity contribution >= 4 is 39.2 Å². The number of hydrogen-bond donors (Lipinski definition) is 1. The third-order valence-electron chi connectivity index (χ3n) is 5.18. The standard InChI is InChI=1S/C25H24FN3O2S2/c26-20-10-8-19(9-11-20)17-33-25-28-21-13-16-32-23(21)24(31)29(25)15-4-7-22(30)27-14-12-18-5-2-1-3-6-18/h1-3,5-6,8-11,13,16H,4,7,12,14-15,17H2,(H,27,30). The number of hydrogen-bond acceptors (Lipinski definition) is 5. The predicted molar refractivity (Wildman–Crippen MR) is 132 cm³/mol. The summed E-state index contributed by atoms with van der Waals surface area (Å²) in [5, 5.41) is 5.42. The number of benzene rings is 2. The molecular formula is C25H24FN3O2S2. The van der Waals surface area contributed by atoms with E-state index in [0.29, 0.717) is 47.1 Å². The van der Waals surface area contributed by atoms with E-state index in [4.69, 9.17) is 0 Å². The fourth-order valence-corrected chi connectivity index (χ4v) is 5.20. The Hall–Kier alpha value is -2.97. The monoisotopic (exact) mass is 481 g/mol. The lowest BCUT2D eigenvalue weighted by molar-refractivity contribution is -0.121. The van der Waals surface area contributed by atoms with E-state index in [1.165, 1.54) is 40.8 Å². The second-order valence-electron chi connectivity index (χ2n) is 7.59. The molecular weight excluding hydrogens is 457 g/mol. The Morgan fingerprint density at radius 3 is 2.64 bits per heavy atom. The number of carbonyl (C=O) groups excluding carboxylic acids is 1. The summed E-state index contributed by atoms with van der Waals surface area (Å²) in [4.78, 5) is 30.0. The van der Waals surface area contributed by atoms with Crippen LogP contribution in [0.2, 0.25) is 0 Å². The minimum absolute atomic E-state index is 0.0235. The highest BCUT2D eigenvalue weighted by atomic mass is 32.2. The van der Waals surface area contributed by atoms with E-state index in [0.717, 1.165) is 12.0 Å². The normalized spacial score (nSPS) is 11.1. The molecule has 0 atom stereocenters. The predicted octanol–water partition coefficient (Wildman–Crippen LogP) is 5.03. The van der Waals surface area contributed by atoms with Gasteiger partial charge in [-0.3, -0.25) is 14.2 Å². The fourth-order valence-electron chi connectivity index (χ4n) is 3.44. The number of amides is 1. The smallest absolute Gasteiger partial charge is 0.272 e. The number of thiophene rings is 1. The number of nitrogens with one attached hydrogen (secondary N) is 1. The van der Waals surface area contributed by atoms with Gasteiger partial charge < -0.3 is 5.32 Å². The van der Waals surface area contributed by atoms with Gasteiger partial charge in [-0.15, -0.1) is 11.3 Å². The first kappa shape index (κ1) is 23.2. The molecule has 0 saturated carbocycles. The van der Waals surface area contributed by atoms with Crippen molar-refractivity contribution in [3.63, 3.8) is 0 Å². The molecule has 2 aromatic carbocycles. The molecule has 2 aromatic heterocycles. The summed E-state index contributed by atoms with van der Waals surface area (Å²) < 4.78 is 15.5. The third kappa shape index (κ3) is 6.30. The summed E-state index contributed by atoms with van der Waals surface area (Å²) in [6.07, 6.45) is 1.67. The average molecular weight is 482 g/mol. The number of carbonyl (C=O) groups is 1. The van der Waals surface area contributed by atoms with Crippen molar-refractivity contribution in [3.05, 3.63) is 93.3 Å². The Labute approximate surface area is 199 Å². The first-order valence-electron chi connectivity index (χ1n) is 10.8. The van der Waals surface area contributed by atoms with Gasteiger partial charge in [-0.25, -0.2) is 9.37 Å². The van der Waals surface area contributed by atoms with Crippen LogP contribution in [0.3, 0.4) is 0 Å². The summed E-state index contributed by atoms with van der Waals surface area (Å²) in [5.74, 6) is 0.271. The van der Waals surface area contributed by atoms with Crippen LogP contribution in [0.15, 0.2) is 76.0 Å². The van der Waals surface area contributed by atoms with Gasteiger partial charge in [0.05, 0.1) is 5.52 Å². The van der Waals surface area contributed by atoms with E-state index < -0.39 is 0 Å². The van der Waals surface area contributed by atoms with Crippen LogP contribution in [0.4, 0.5) is 4.39 Å². The fraction of sp³-hybridized carbons (Fsp3) is 0.240. The number of nitrogens with zero attached hydrogens (tertiary/aromatic N) is 2. The van der Waals surface area contributed by atoms with Gasteiger partial charge in [0.2, 0.25) is 5.91 Å². The van der Waals surface area contributed by atoms with Crippen molar-refractivity contribution in [2.24, 2.45) is 0 Å². The second kappa shape index (κ2) is 11.2. The van der Waals surface area contributed by atoms with Crippen molar-refractivity contribution in [1.82, 2.24) is 14.9 Å². The number of halogens is 1. The Bertz CT molecular complexity index is 1270. The number of rotatable bonds is 10. The topological polar surface area (TPSA) is 64.0 Å². The lowest BCUT2D eigenvalue weighted by atomic mass is 10.1. The van der Waals surface area contributed by atoms with Gasteiger partial charge in [-0.05, 0) is 47.5 Å². The van der Waals surface area contributed by atoms with E-state index in [2.05, 4.69) is 10.3 Å². The number of fused-ring (bicyclic) bond motifs is 1. The highest BCUT2D eigenvalue weighted by molar-refractivity contribution is 7.98. The Morgan fingerprint density at radius 1 is 1.06 bits per heavy atom. The summed E-state index contributed by atoms with van der Waals surface area (Å²) >= 11 is 2.82. The first-order valence-corrected chi connectivity index (χ1v) is 12.6. The van der Waals surface area contributed by atoms with E-state index in [9.17, 15) is 14.0 Å².